The van der Waals surface area contributed by atoms with Crippen molar-refractivity contribution in [1.82, 2.24) is 0 Å². The molecule has 0 bridgehead atoms. The fourth-order valence-corrected chi connectivity index (χ4v) is 2.14. The summed E-state index contributed by atoms with van der Waals surface area (Å²) in [5.74, 6) is -0.732. The minimum atomic E-state index is -0.732. The first-order chi connectivity index (χ1) is 10.7. The van der Waals surface area contributed by atoms with E-state index in [-0.39, 0.29) is 6.42 Å². The van der Waals surface area contributed by atoms with Crippen molar-refractivity contribution in [3.8, 4) is 0 Å². The van der Waals surface area contributed by atoms with E-state index in [1.165, 1.54) is 11.1 Å². The van der Waals surface area contributed by atoms with E-state index >= 15 is 0 Å². The minimum absolute atomic E-state index is 0.228. The van der Waals surface area contributed by atoms with Crippen molar-refractivity contribution in [2.45, 2.75) is 19.3 Å². The fourth-order valence-electron chi connectivity index (χ4n) is 2.14. The van der Waals surface area contributed by atoms with Crippen LogP contribution in [0.2, 0.25) is 0 Å². The summed E-state index contributed by atoms with van der Waals surface area (Å²) in [5.41, 5.74) is 3.50. The molecule has 0 saturated heterocycles. The molecular weight excluding hydrogens is 272 g/mol. The predicted molar refractivity (Wildman–Crippen MR) is 91.5 cm³/mol. The lowest BCUT2D eigenvalue weighted by atomic mass is 10.1. The van der Waals surface area contributed by atoms with Gasteiger partial charge in [0.15, 0.2) is 0 Å². The monoisotopic (exact) mass is 292 g/mol. The quantitative estimate of drug-likeness (QED) is 0.743. The van der Waals surface area contributed by atoms with Gasteiger partial charge in [0.2, 0.25) is 0 Å². The van der Waals surface area contributed by atoms with Gasteiger partial charge in [0.05, 0.1) is 0 Å². The topological polar surface area (TPSA) is 37.3 Å². The van der Waals surface area contributed by atoms with Gasteiger partial charge in [-0.3, -0.25) is 4.79 Å². The third-order valence-corrected chi connectivity index (χ3v) is 3.32. The van der Waals surface area contributed by atoms with Gasteiger partial charge in [0.25, 0.3) is 0 Å². The van der Waals surface area contributed by atoms with Crippen molar-refractivity contribution < 1.29 is 9.90 Å². The van der Waals surface area contributed by atoms with Crippen LogP contribution in [0.15, 0.2) is 66.7 Å². The molecule has 1 N–H and O–H groups in total. The molecule has 2 aromatic carbocycles. The summed E-state index contributed by atoms with van der Waals surface area (Å²) in [4.78, 5) is 10.5. The Balaban J connectivity index is 1.84. The lowest BCUT2D eigenvalue weighted by Crippen LogP contribution is -1.95. The van der Waals surface area contributed by atoms with Crippen molar-refractivity contribution in [3.05, 3.63) is 83.4 Å². The Labute approximate surface area is 131 Å². The fraction of sp³-hybridized carbons (Fsp3) is 0.150. The van der Waals surface area contributed by atoms with E-state index in [1.807, 2.05) is 30.4 Å². The smallest absolute Gasteiger partial charge is 0.303 e. The number of hydrogen-bond acceptors (Lipinski definition) is 1. The number of aryl methyl sites for hydroxylation is 1. The highest BCUT2D eigenvalue weighted by molar-refractivity contribution is 5.66. The molecule has 0 aromatic heterocycles. The number of rotatable bonds is 7. The van der Waals surface area contributed by atoms with E-state index in [0.717, 1.165) is 12.0 Å². The molecule has 0 fully saturated rings. The minimum Gasteiger partial charge on any atom is -0.481 e. The zero-order chi connectivity index (χ0) is 15.6. The molecule has 0 amide bonds. The SMILES string of the molecule is O=C(O)CCCc1ccc(/C=C/C=C/c2ccccc2)cc1. The number of carboxylic acid groups (broad SMARTS) is 1. The Hall–Kier alpha value is -2.61. The summed E-state index contributed by atoms with van der Waals surface area (Å²) in [6, 6.07) is 18.4. The second-order valence-electron chi connectivity index (χ2n) is 5.12. The molecule has 0 aliphatic carbocycles. The number of allylic oxidation sites excluding steroid dienone is 2. The molecule has 112 valence electrons. The van der Waals surface area contributed by atoms with Crippen LogP contribution in [0.25, 0.3) is 12.2 Å². The van der Waals surface area contributed by atoms with Gasteiger partial charge in [-0.25, -0.2) is 0 Å². The van der Waals surface area contributed by atoms with Crippen LogP contribution in [0, 0.1) is 0 Å². The van der Waals surface area contributed by atoms with Gasteiger partial charge in [-0.05, 0) is 29.5 Å². The molecule has 2 heteroatoms. The summed E-state index contributed by atoms with van der Waals surface area (Å²) < 4.78 is 0. The molecular formula is C20H20O2. The first-order valence-corrected chi connectivity index (χ1v) is 7.44. The second-order valence-corrected chi connectivity index (χ2v) is 5.12. The maximum Gasteiger partial charge on any atom is 0.303 e. The van der Waals surface area contributed by atoms with Gasteiger partial charge < -0.3 is 5.11 Å². The van der Waals surface area contributed by atoms with Crippen LogP contribution in [0.4, 0.5) is 0 Å². The highest BCUT2D eigenvalue weighted by Crippen LogP contribution is 2.10. The largest absolute Gasteiger partial charge is 0.481 e. The summed E-state index contributed by atoms with van der Waals surface area (Å²) in [6.07, 6.45) is 9.89. The maximum atomic E-state index is 10.5. The van der Waals surface area contributed by atoms with Crippen LogP contribution in [0.1, 0.15) is 29.5 Å². The molecule has 2 nitrogen and oxygen atoms in total. The highest BCUT2D eigenvalue weighted by atomic mass is 16.4. The lowest BCUT2D eigenvalue weighted by Gasteiger charge is -2.00. The number of aliphatic carboxylic acids is 1. The molecule has 22 heavy (non-hydrogen) atoms. The first-order valence-electron chi connectivity index (χ1n) is 7.44. The number of carboxylic acids is 1. The van der Waals surface area contributed by atoms with Crippen LogP contribution in [-0.2, 0) is 11.2 Å². The van der Waals surface area contributed by atoms with Crippen LogP contribution < -0.4 is 0 Å². The van der Waals surface area contributed by atoms with Crippen molar-refractivity contribution >= 4 is 18.1 Å². The molecule has 0 unspecified atom stereocenters. The van der Waals surface area contributed by atoms with E-state index in [4.69, 9.17) is 5.11 Å². The highest BCUT2D eigenvalue weighted by Gasteiger charge is 1.98. The molecule has 0 radical (unpaired) electrons. The molecule has 0 spiro atoms. The number of hydrogen-bond donors (Lipinski definition) is 1. The van der Waals surface area contributed by atoms with E-state index in [2.05, 4.69) is 48.6 Å². The predicted octanol–water partition coefficient (Wildman–Crippen LogP) is 4.82. The summed E-state index contributed by atoms with van der Waals surface area (Å²) in [7, 11) is 0. The van der Waals surface area contributed by atoms with Gasteiger partial charge in [0, 0.05) is 6.42 Å². The molecule has 2 aromatic rings. The van der Waals surface area contributed by atoms with Crippen molar-refractivity contribution in [3.63, 3.8) is 0 Å². The summed E-state index contributed by atoms with van der Waals surface area (Å²) in [6.45, 7) is 0. The molecule has 0 atom stereocenters. The molecule has 0 saturated carbocycles. The maximum absolute atomic E-state index is 10.5. The van der Waals surface area contributed by atoms with Crippen LogP contribution in [-0.4, -0.2) is 11.1 Å². The average molecular weight is 292 g/mol. The Morgan fingerprint density at radius 3 is 2.05 bits per heavy atom. The molecule has 0 heterocycles. The summed E-state index contributed by atoms with van der Waals surface area (Å²) >= 11 is 0. The zero-order valence-electron chi connectivity index (χ0n) is 12.5. The van der Waals surface area contributed by atoms with Crippen molar-refractivity contribution in [1.29, 1.82) is 0 Å². The lowest BCUT2D eigenvalue weighted by molar-refractivity contribution is -0.137. The van der Waals surface area contributed by atoms with Crippen molar-refractivity contribution in [2.24, 2.45) is 0 Å². The molecule has 0 aliphatic rings. The number of benzene rings is 2. The normalized spacial score (nSPS) is 11.3. The Morgan fingerprint density at radius 1 is 0.864 bits per heavy atom. The third-order valence-electron chi connectivity index (χ3n) is 3.32. The van der Waals surface area contributed by atoms with Crippen LogP contribution in [0.3, 0.4) is 0 Å². The number of carbonyl (C=O) groups is 1. The zero-order valence-corrected chi connectivity index (χ0v) is 12.5. The second kappa shape index (κ2) is 8.63. The molecule has 0 aliphatic heterocycles. The summed E-state index contributed by atoms with van der Waals surface area (Å²) in [5, 5.41) is 8.62. The Bertz CT molecular complexity index is 637. The van der Waals surface area contributed by atoms with E-state index < -0.39 is 5.97 Å². The van der Waals surface area contributed by atoms with Gasteiger partial charge in [0.1, 0.15) is 0 Å². The van der Waals surface area contributed by atoms with E-state index in [1.54, 1.807) is 0 Å². The van der Waals surface area contributed by atoms with Crippen LogP contribution in [0.5, 0.6) is 0 Å². The van der Waals surface area contributed by atoms with Gasteiger partial charge in [-0.15, -0.1) is 0 Å². The van der Waals surface area contributed by atoms with Crippen molar-refractivity contribution in [2.75, 3.05) is 0 Å². The van der Waals surface area contributed by atoms with Gasteiger partial charge in [-0.1, -0.05) is 78.9 Å². The Morgan fingerprint density at radius 2 is 1.45 bits per heavy atom. The first kappa shape index (κ1) is 15.8. The van der Waals surface area contributed by atoms with Crippen LogP contribution >= 0.6 is 0 Å². The standard InChI is InChI=1S/C20H20O2/c21-20(22)12-6-11-19-15-13-18(14-16-19)10-5-4-9-17-7-2-1-3-8-17/h1-5,7-10,13-16H,6,11-12H2,(H,21,22)/b9-4+,10-5+. The molecule has 2 rings (SSSR count). The van der Waals surface area contributed by atoms with Gasteiger partial charge >= 0.3 is 5.97 Å². The van der Waals surface area contributed by atoms with E-state index in [0.29, 0.717) is 6.42 Å². The Kier molecular flexibility index (Phi) is 6.18. The third kappa shape index (κ3) is 5.80. The van der Waals surface area contributed by atoms with E-state index in [9.17, 15) is 4.79 Å². The average Bonchev–Trinajstić information content (AvgIpc) is 2.54. The van der Waals surface area contributed by atoms with Gasteiger partial charge in [-0.2, -0.15) is 0 Å².